The Kier molecular flexibility index (Phi) is 3.49. The summed E-state index contributed by atoms with van der Waals surface area (Å²) in [5.74, 6) is 0.140. The van der Waals surface area contributed by atoms with Crippen LogP contribution in [-0.4, -0.2) is 21.1 Å². The molecule has 1 aromatic carbocycles. The van der Waals surface area contributed by atoms with Crippen LogP contribution in [0.25, 0.3) is 0 Å². The molecule has 1 heterocycles. The van der Waals surface area contributed by atoms with Crippen molar-refractivity contribution >= 4 is 11.9 Å². The SMILES string of the molecule is CCC(C(=O)Nc1ncn[nH]1)c1ccccc1. The fraction of sp³-hybridized carbons (Fsp3) is 0.250. The van der Waals surface area contributed by atoms with Crippen LogP contribution in [-0.2, 0) is 4.79 Å². The van der Waals surface area contributed by atoms with E-state index in [1.165, 1.54) is 6.33 Å². The third kappa shape index (κ3) is 2.69. The zero-order chi connectivity index (χ0) is 12.1. The number of carbonyl (C=O) groups excluding carboxylic acids is 1. The van der Waals surface area contributed by atoms with Crippen molar-refractivity contribution < 1.29 is 4.79 Å². The van der Waals surface area contributed by atoms with Crippen LogP contribution in [0.1, 0.15) is 24.8 Å². The summed E-state index contributed by atoms with van der Waals surface area (Å²) in [5, 5.41) is 8.99. The Labute approximate surface area is 99.3 Å². The smallest absolute Gasteiger partial charge is 0.234 e. The Morgan fingerprint density at radius 1 is 1.41 bits per heavy atom. The number of carbonyl (C=O) groups is 1. The highest BCUT2D eigenvalue weighted by atomic mass is 16.2. The van der Waals surface area contributed by atoms with E-state index < -0.39 is 0 Å². The molecule has 0 fully saturated rings. The lowest BCUT2D eigenvalue weighted by Crippen LogP contribution is -2.21. The van der Waals surface area contributed by atoms with Crippen LogP contribution >= 0.6 is 0 Å². The van der Waals surface area contributed by atoms with Crippen molar-refractivity contribution in [2.45, 2.75) is 19.3 Å². The molecule has 0 aliphatic heterocycles. The van der Waals surface area contributed by atoms with E-state index in [-0.39, 0.29) is 11.8 Å². The minimum atomic E-state index is -0.165. The summed E-state index contributed by atoms with van der Waals surface area (Å²) in [6, 6.07) is 9.70. The number of aromatic nitrogens is 3. The molecule has 1 atom stereocenters. The number of hydrogen-bond donors (Lipinski definition) is 2. The Hall–Kier alpha value is -2.17. The summed E-state index contributed by atoms with van der Waals surface area (Å²) in [6.45, 7) is 1.98. The number of amides is 1. The van der Waals surface area contributed by atoms with Crippen molar-refractivity contribution in [2.75, 3.05) is 5.32 Å². The molecule has 0 radical (unpaired) electrons. The van der Waals surface area contributed by atoms with E-state index in [1.807, 2.05) is 37.3 Å². The van der Waals surface area contributed by atoms with Gasteiger partial charge in [-0.2, -0.15) is 10.1 Å². The molecule has 0 aliphatic carbocycles. The number of rotatable bonds is 4. The molecule has 0 spiro atoms. The molecule has 0 saturated carbocycles. The quantitative estimate of drug-likeness (QED) is 0.843. The third-order valence-corrected chi connectivity index (χ3v) is 2.58. The molecule has 1 unspecified atom stereocenters. The van der Waals surface area contributed by atoms with Gasteiger partial charge < -0.3 is 0 Å². The standard InChI is InChI=1S/C12H14N4O/c1-2-10(9-6-4-3-5-7-9)11(17)15-12-13-8-14-16-12/h3-8,10H,2H2,1H3,(H2,13,14,15,16,17). The molecular weight excluding hydrogens is 216 g/mol. The van der Waals surface area contributed by atoms with E-state index in [2.05, 4.69) is 20.5 Å². The minimum Gasteiger partial charge on any atom is -0.294 e. The van der Waals surface area contributed by atoms with E-state index in [0.29, 0.717) is 5.95 Å². The number of hydrogen-bond acceptors (Lipinski definition) is 3. The summed E-state index contributed by atoms with van der Waals surface area (Å²) in [5.41, 5.74) is 1.01. The van der Waals surface area contributed by atoms with Crippen LogP contribution in [0, 0.1) is 0 Å². The monoisotopic (exact) mass is 230 g/mol. The lowest BCUT2D eigenvalue weighted by molar-refractivity contribution is -0.117. The van der Waals surface area contributed by atoms with Crippen LogP contribution in [0.4, 0.5) is 5.95 Å². The maximum Gasteiger partial charge on any atom is 0.234 e. The normalized spacial score (nSPS) is 12.1. The molecule has 5 nitrogen and oxygen atoms in total. The minimum absolute atomic E-state index is 0.0737. The van der Waals surface area contributed by atoms with Crippen LogP contribution in [0.3, 0.4) is 0 Å². The van der Waals surface area contributed by atoms with Gasteiger partial charge in [-0.25, -0.2) is 5.10 Å². The zero-order valence-corrected chi connectivity index (χ0v) is 9.55. The maximum atomic E-state index is 12.0. The van der Waals surface area contributed by atoms with Gasteiger partial charge in [-0.15, -0.1) is 0 Å². The van der Waals surface area contributed by atoms with Gasteiger partial charge in [-0.3, -0.25) is 10.1 Å². The number of benzene rings is 1. The summed E-state index contributed by atoms with van der Waals surface area (Å²) in [6.07, 6.45) is 2.10. The Balaban J connectivity index is 2.11. The Morgan fingerprint density at radius 3 is 2.76 bits per heavy atom. The summed E-state index contributed by atoms with van der Waals surface area (Å²) in [7, 11) is 0. The molecule has 2 rings (SSSR count). The highest BCUT2D eigenvalue weighted by Gasteiger charge is 2.18. The number of aromatic amines is 1. The second-order valence-corrected chi connectivity index (χ2v) is 3.69. The summed E-state index contributed by atoms with van der Waals surface area (Å²) in [4.78, 5) is 15.9. The molecule has 88 valence electrons. The number of anilines is 1. The van der Waals surface area contributed by atoms with Gasteiger partial charge in [0.15, 0.2) is 0 Å². The fourth-order valence-electron chi connectivity index (χ4n) is 1.73. The first kappa shape index (κ1) is 11.3. The lowest BCUT2D eigenvalue weighted by atomic mass is 9.96. The zero-order valence-electron chi connectivity index (χ0n) is 9.55. The average molecular weight is 230 g/mol. The molecule has 1 aromatic heterocycles. The van der Waals surface area contributed by atoms with Crippen LogP contribution in [0.15, 0.2) is 36.7 Å². The molecule has 1 amide bonds. The number of nitrogens with zero attached hydrogens (tertiary/aromatic N) is 2. The van der Waals surface area contributed by atoms with Gasteiger partial charge in [0.2, 0.25) is 11.9 Å². The molecule has 17 heavy (non-hydrogen) atoms. The molecular formula is C12H14N4O. The molecule has 2 N–H and O–H groups in total. The summed E-state index contributed by atoms with van der Waals surface area (Å²) >= 11 is 0. The second kappa shape index (κ2) is 5.25. The number of nitrogens with one attached hydrogen (secondary N) is 2. The molecule has 0 bridgehead atoms. The van der Waals surface area contributed by atoms with Gasteiger partial charge in [-0.05, 0) is 12.0 Å². The first-order valence-corrected chi connectivity index (χ1v) is 5.52. The van der Waals surface area contributed by atoms with Crippen molar-refractivity contribution in [3.8, 4) is 0 Å². The highest BCUT2D eigenvalue weighted by Crippen LogP contribution is 2.20. The van der Waals surface area contributed by atoms with Gasteiger partial charge in [0, 0.05) is 0 Å². The molecule has 2 aromatic rings. The van der Waals surface area contributed by atoms with E-state index in [9.17, 15) is 4.79 Å². The van der Waals surface area contributed by atoms with E-state index in [4.69, 9.17) is 0 Å². The van der Waals surface area contributed by atoms with Crippen LogP contribution in [0.5, 0.6) is 0 Å². The topological polar surface area (TPSA) is 70.7 Å². The Bertz CT molecular complexity index is 467. The van der Waals surface area contributed by atoms with Crippen molar-refractivity contribution in [1.82, 2.24) is 15.2 Å². The lowest BCUT2D eigenvalue weighted by Gasteiger charge is -2.13. The van der Waals surface area contributed by atoms with Crippen molar-refractivity contribution in [3.63, 3.8) is 0 Å². The largest absolute Gasteiger partial charge is 0.294 e. The van der Waals surface area contributed by atoms with Crippen molar-refractivity contribution in [2.24, 2.45) is 0 Å². The van der Waals surface area contributed by atoms with Crippen LogP contribution < -0.4 is 5.32 Å². The van der Waals surface area contributed by atoms with Crippen molar-refractivity contribution in [1.29, 1.82) is 0 Å². The maximum absolute atomic E-state index is 12.0. The molecule has 0 aliphatic rings. The van der Waals surface area contributed by atoms with Crippen LogP contribution in [0.2, 0.25) is 0 Å². The van der Waals surface area contributed by atoms with Gasteiger partial charge in [0.25, 0.3) is 0 Å². The molecule has 5 heteroatoms. The van der Waals surface area contributed by atoms with Gasteiger partial charge in [0.1, 0.15) is 6.33 Å². The fourth-order valence-corrected chi connectivity index (χ4v) is 1.73. The predicted octanol–water partition coefficient (Wildman–Crippen LogP) is 1.94. The van der Waals surface area contributed by atoms with E-state index >= 15 is 0 Å². The van der Waals surface area contributed by atoms with Gasteiger partial charge in [-0.1, -0.05) is 37.3 Å². The Morgan fingerprint density at radius 2 is 2.18 bits per heavy atom. The number of H-pyrrole nitrogens is 1. The molecule has 0 saturated heterocycles. The third-order valence-electron chi connectivity index (χ3n) is 2.58. The van der Waals surface area contributed by atoms with E-state index in [0.717, 1.165) is 12.0 Å². The first-order chi connectivity index (χ1) is 8.31. The highest BCUT2D eigenvalue weighted by molar-refractivity contribution is 5.94. The first-order valence-electron chi connectivity index (χ1n) is 5.52. The van der Waals surface area contributed by atoms with Gasteiger partial charge in [0.05, 0.1) is 5.92 Å². The predicted molar refractivity (Wildman–Crippen MR) is 64.5 cm³/mol. The van der Waals surface area contributed by atoms with Gasteiger partial charge >= 0.3 is 0 Å². The summed E-state index contributed by atoms with van der Waals surface area (Å²) < 4.78 is 0. The average Bonchev–Trinajstić information content (AvgIpc) is 2.84. The van der Waals surface area contributed by atoms with Crippen molar-refractivity contribution in [3.05, 3.63) is 42.2 Å². The second-order valence-electron chi connectivity index (χ2n) is 3.69. The van der Waals surface area contributed by atoms with E-state index in [1.54, 1.807) is 0 Å².